The first-order chi connectivity index (χ1) is 12.0. The van der Waals surface area contributed by atoms with Crippen LogP contribution in [0.5, 0.6) is 0 Å². The zero-order valence-electron chi connectivity index (χ0n) is 12.7. The molecule has 25 heavy (non-hydrogen) atoms. The van der Waals surface area contributed by atoms with E-state index in [1.165, 1.54) is 54.7 Å². The summed E-state index contributed by atoms with van der Waals surface area (Å²) < 4.78 is 13.2. The molecule has 0 aliphatic rings. The van der Waals surface area contributed by atoms with Gasteiger partial charge in [-0.1, -0.05) is 0 Å². The maximum Gasteiger partial charge on any atom is 0.269 e. The Bertz CT molecular complexity index is 1060. The van der Waals surface area contributed by atoms with Crippen molar-refractivity contribution < 1.29 is 14.1 Å². The van der Waals surface area contributed by atoms with Crippen molar-refractivity contribution in [1.29, 1.82) is 5.26 Å². The van der Waals surface area contributed by atoms with Crippen LogP contribution in [-0.4, -0.2) is 15.7 Å². The smallest absolute Gasteiger partial charge is 0.269 e. The Kier molecular flexibility index (Phi) is 4.10. The van der Waals surface area contributed by atoms with E-state index >= 15 is 0 Å². The number of nitro benzene ring substituents is 1. The zero-order valence-corrected chi connectivity index (χ0v) is 12.7. The summed E-state index contributed by atoms with van der Waals surface area (Å²) in [4.78, 5) is 25.5. The number of aromatic amines is 1. The van der Waals surface area contributed by atoms with Crippen LogP contribution in [-0.2, 0) is 0 Å². The number of H-pyrrole nitrogens is 1. The summed E-state index contributed by atoms with van der Waals surface area (Å²) in [5, 5.41) is 20.5. The predicted octanol–water partition coefficient (Wildman–Crippen LogP) is 4.01. The lowest BCUT2D eigenvalue weighted by molar-refractivity contribution is -0.384. The Morgan fingerprint density at radius 1 is 1.24 bits per heavy atom. The number of rotatable bonds is 4. The summed E-state index contributed by atoms with van der Waals surface area (Å²) in [5.74, 6) is -0.950. The fraction of sp³-hybridized carbons (Fsp3) is 0. The van der Waals surface area contributed by atoms with Crippen molar-refractivity contribution in [3.63, 3.8) is 0 Å². The fourth-order valence-electron chi connectivity index (χ4n) is 2.44. The average molecular weight is 335 g/mol. The number of nitrogens with zero attached hydrogens (tertiary/aromatic N) is 2. The minimum Gasteiger partial charge on any atom is -0.360 e. The number of nitrogens with one attached hydrogen (secondary N) is 1. The molecule has 0 amide bonds. The SMILES string of the molecule is N#C/C(=C/c1ccc([N+](=O)[O-])cc1)C(=O)c1c[nH]c2cc(F)ccc12. The molecule has 122 valence electrons. The molecule has 0 atom stereocenters. The first-order valence-corrected chi connectivity index (χ1v) is 7.17. The molecule has 0 saturated heterocycles. The molecule has 0 bridgehead atoms. The molecule has 1 aromatic heterocycles. The highest BCUT2D eigenvalue weighted by Crippen LogP contribution is 2.23. The van der Waals surface area contributed by atoms with Gasteiger partial charge < -0.3 is 4.98 Å². The fourth-order valence-corrected chi connectivity index (χ4v) is 2.44. The minimum absolute atomic E-state index is 0.0827. The van der Waals surface area contributed by atoms with Crippen LogP contribution in [0, 0.1) is 27.3 Å². The Hall–Kier alpha value is -3.79. The number of benzene rings is 2. The van der Waals surface area contributed by atoms with Gasteiger partial charge >= 0.3 is 0 Å². The average Bonchev–Trinajstić information content (AvgIpc) is 3.02. The summed E-state index contributed by atoms with van der Waals surface area (Å²) in [6.07, 6.45) is 2.78. The number of carbonyl (C=O) groups is 1. The highest BCUT2D eigenvalue weighted by atomic mass is 19.1. The number of Topliss-reactive ketones (excluding diaryl/α,β-unsaturated/α-hetero) is 1. The summed E-state index contributed by atoms with van der Waals surface area (Å²) in [6.45, 7) is 0. The van der Waals surface area contributed by atoms with Gasteiger partial charge in [0.25, 0.3) is 5.69 Å². The molecule has 0 radical (unpaired) electrons. The van der Waals surface area contributed by atoms with Gasteiger partial charge in [-0.25, -0.2) is 4.39 Å². The Morgan fingerprint density at radius 3 is 2.60 bits per heavy atom. The third-order valence-corrected chi connectivity index (χ3v) is 3.67. The maximum atomic E-state index is 13.2. The number of ketones is 1. The van der Waals surface area contributed by atoms with Crippen molar-refractivity contribution in [2.75, 3.05) is 0 Å². The van der Waals surface area contributed by atoms with Crippen LogP contribution >= 0.6 is 0 Å². The number of hydrogen-bond acceptors (Lipinski definition) is 4. The highest BCUT2D eigenvalue weighted by molar-refractivity contribution is 6.19. The Labute approximate surface area is 141 Å². The van der Waals surface area contributed by atoms with Gasteiger partial charge in [0.2, 0.25) is 5.78 Å². The molecular weight excluding hydrogens is 325 g/mol. The number of fused-ring (bicyclic) bond motifs is 1. The minimum atomic E-state index is -0.533. The van der Waals surface area contributed by atoms with E-state index in [2.05, 4.69) is 4.98 Å². The first-order valence-electron chi connectivity index (χ1n) is 7.17. The molecule has 7 heteroatoms. The molecule has 1 N–H and O–H groups in total. The second-order valence-electron chi connectivity index (χ2n) is 5.24. The van der Waals surface area contributed by atoms with Crippen LogP contribution in [0.1, 0.15) is 15.9 Å². The molecule has 0 saturated carbocycles. The number of non-ortho nitro benzene ring substituents is 1. The van der Waals surface area contributed by atoms with E-state index in [4.69, 9.17) is 0 Å². The molecular formula is C18H10FN3O3. The van der Waals surface area contributed by atoms with Gasteiger partial charge in [0.05, 0.1) is 4.92 Å². The molecule has 0 aliphatic carbocycles. The van der Waals surface area contributed by atoms with E-state index in [1.807, 2.05) is 6.07 Å². The quantitative estimate of drug-likeness (QED) is 0.256. The van der Waals surface area contributed by atoms with E-state index in [0.717, 1.165) is 0 Å². The third-order valence-electron chi connectivity index (χ3n) is 3.67. The van der Waals surface area contributed by atoms with Crippen molar-refractivity contribution in [2.45, 2.75) is 0 Å². The van der Waals surface area contributed by atoms with Gasteiger partial charge in [0, 0.05) is 34.8 Å². The van der Waals surface area contributed by atoms with Crippen molar-refractivity contribution in [3.05, 3.63) is 81.3 Å². The lowest BCUT2D eigenvalue weighted by atomic mass is 10.0. The van der Waals surface area contributed by atoms with Gasteiger partial charge in [-0.05, 0) is 42.0 Å². The molecule has 1 heterocycles. The lowest BCUT2D eigenvalue weighted by Gasteiger charge is -1.99. The van der Waals surface area contributed by atoms with Crippen molar-refractivity contribution in [2.24, 2.45) is 0 Å². The van der Waals surface area contributed by atoms with Gasteiger partial charge in [0.15, 0.2) is 0 Å². The summed E-state index contributed by atoms with van der Waals surface area (Å²) in [6, 6.07) is 11.3. The molecule has 0 spiro atoms. The van der Waals surface area contributed by atoms with E-state index in [-0.39, 0.29) is 16.8 Å². The van der Waals surface area contributed by atoms with Crippen LogP contribution < -0.4 is 0 Å². The second-order valence-corrected chi connectivity index (χ2v) is 5.24. The van der Waals surface area contributed by atoms with Gasteiger partial charge in [0.1, 0.15) is 17.5 Å². The number of hydrogen-bond donors (Lipinski definition) is 1. The molecule has 2 aromatic carbocycles. The lowest BCUT2D eigenvalue weighted by Crippen LogP contribution is -2.01. The van der Waals surface area contributed by atoms with E-state index in [9.17, 15) is 24.6 Å². The molecule has 0 aliphatic heterocycles. The molecule has 3 rings (SSSR count). The number of nitriles is 1. The number of halogens is 1. The molecule has 0 fully saturated rings. The number of nitro groups is 1. The standard InChI is InChI=1S/C18H10FN3O3/c19-13-3-6-15-16(10-21-17(15)8-13)18(23)12(9-20)7-11-1-4-14(5-2-11)22(24)25/h1-8,10,21H/b12-7-. The van der Waals surface area contributed by atoms with E-state index < -0.39 is 16.5 Å². The van der Waals surface area contributed by atoms with Crippen LogP contribution in [0.3, 0.4) is 0 Å². The zero-order chi connectivity index (χ0) is 18.0. The van der Waals surface area contributed by atoms with Crippen LogP contribution in [0.25, 0.3) is 17.0 Å². The van der Waals surface area contributed by atoms with Crippen molar-refractivity contribution in [1.82, 2.24) is 4.98 Å². The monoisotopic (exact) mass is 335 g/mol. The summed E-state index contributed by atoms with van der Waals surface area (Å²) in [7, 11) is 0. The van der Waals surface area contributed by atoms with Crippen LogP contribution in [0.2, 0.25) is 0 Å². The second kappa shape index (κ2) is 6.37. The number of aromatic nitrogens is 1. The largest absolute Gasteiger partial charge is 0.360 e. The van der Waals surface area contributed by atoms with Gasteiger partial charge in [-0.3, -0.25) is 14.9 Å². The Morgan fingerprint density at radius 2 is 1.96 bits per heavy atom. The molecule has 3 aromatic rings. The number of allylic oxidation sites excluding steroid dienone is 1. The van der Waals surface area contributed by atoms with E-state index in [0.29, 0.717) is 16.5 Å². The molecule has 6 nitrogen and oxygen atoms in total. The molecule has 0 unspecified atom stereocenters. The van der Waals surface area contributed by atoms with Gasteiger partial charge in [-0.15, -0.1) is 0 Å². The van der Waals surface area contributed by atoms with Crippen LogP contribution in [0.4, 0.5) is 10.1 Å². The topological polar surface area (TPSA) is 99.8 Å². The van der Waals surface area contributed by atoms with Gasteiger partial charge in [-0.2, -0.15) is 5.26 Å². The van der Waals surface area contributed by atoms with E-state index in [1.54, 1.807) is 0 Å². The van der Waals surface area contributed by atoms with Crippen LogP contribution in [0.15, 0.2) is 54.2 Å². The third kappa shape index (κ3) is 3.14. The Balaban J connectivity index is 1.98. The summed E-state index contributed by atoms with van der Waals surface area (Å²) in [5.41, 5.74) is 0.988. The van der Waals surface area contributed by atoms with Crippen molar-refractivity contribution >= 4 is 28.4 Å². The number of carbonyl (C=O) groups excluding carboxylic acids is 1. The predicted molar refractivity (Wildman–Crippen MR) is 89.3 cm³/mol. The highest BCUT2D eigenvalue weighted by Gasteiger charge is 2.17. The normalized spacial score (nSPS) is 11.3. The maximum absolute atomic E-state index is 13.2. The summed E-state index contributed by atoms with van der Waals surface area (Å²) >= 11 is 0. The first kappa shape index (κ1) is 16.1. The van der Waals surface area contributed by atoms with Crippen molar-refractivity contribution in [3.8, 4) is 6.07 Å².